The molecule has 0 radical (unpaired) electrons. The number of methoxy groups -OCH3 is 1. The molecule has 29 heavy (non-hydrogen) atoms. The summed E-state index contributed by atoms with van der Waals surface area (Å²) in [6, 6.07) is 3.70. The summed E-state index contributed by atoms with van der Waals surface area (Å²) in [6.45, 7) is 5.74. The van der Waals surface area contributed by atoms with E-state index in [1.807, 2.05) is 0 Å². The molecule has 1 unspecified atom stereocenters. The molecule has 2 rings (SSSR count). The molecule has 9 nitrogen and oxygen atoms in total. The van der Waals surface area contributed by atoms with E-state index in [1.54, 1.807) is 20.8 Å². The highest BCUT2D eigenvalue weighted by atomic mass is 32.2. The van der Waals surface area contributed by atoms with Crippen molar-refractivity contribution in [3.05, 3.63) is 29.3 Å². The average molecular weight is 423 g/mol. The van der Waals surface area contributed by atoms with Crippen molar-refractivity contribution in [1.29, 1.82) is 0 Å². The number of nitrogens with zero attached hydrogens (tertiary/aromatic N) is 1. The zero-order valence-electron chi connectivity index (χ0n) is 16.8. The summed E-state index contributed by atoms with van der Waals surface area (Å²) < 4.78 is 9.79. The highest BCUT2D eigenvalue weighted by Gasteiger charge is 2.27. The first-order chi connectivity index (χ1) is 13.6. The van der Waals surface area contributed by atoms with E-state index in [-0.39, 0.29) is 30.3 Å². The van der Waals surface area contributed by atoms with Crippen LogP contribution in [0, 0.1) is 0 Å². The number of hydrogen-bond donors (Lipinski definition) is 3. The summed E-state index contributed by atoms with van der Waals surface area (Å²) in [5.41, 5.74) is 0.0699. The van der Waals surface area contributed by atoms with Gasteiger partial charge in [-0.15, -0.1) is 11.8 Å². The molecule has 2 amide bonds. The van der Waals surface area contributed by atoms with Gasteiger partial charge in [-0.3, -0.25) is 9.79 Å². The van der Waals surface area contributed by atoms with Gasteiger partial charge in [0.2, 0.25) is 5.91 Å². The Bertz CT molecular complexity index is 819. The van der Waals surface area contributed by atoms with Crippen molar-refractivity contribution < 1.29 is 29.0 Å². The second-order valence-electron chi connectivity index (χ2n) is 7.20. The molecule has 0 aliphatic carbocycles. The van der Waals surface area contributed by atoms with Crippen molar-refractivity contribution in [3.8, 4) is 5.75 Å². The second-order valence-corrected chi connectivity index (χ2v) is 8.21. The molecule has 0 bridgehead atoms. The first-order valence-corrected chi connectivity index (χ1v) is 9.96. The Balaban J connectivity index is 1.90. The smallest absolute Gasteiger partial charge is 0.407 e. The molecular formula is C19H25N3O6S. The zero-order valence-corrected chi connectivity index (χ0v) is 17.6. The van der Waals surface area contributed by atoms with Gasteiger partial charge in [-0.1, -0.05) is 0 Å². The third kappa shape index (κ3) is 6.67. The van der Waals surface area contributed by atoms with Crippen LogP contribution in [0.1, 0.15) is 36.7 Å². The lowest BCUT2D eigenvalue weighted by molar-refractivity contribution is -0.121. The molecule has 1 heterocycles. The van der Waals surface area contributed by atoms with Crippen LogP contribution in [0.4, 0.5) is 4.79 Å². The monoisotopic (exact) mass is 423 g/mol. The summed E-state index contributed by atoms with van der Waals surface area (Å²) in [6.07, 6.45) is -0.551. The maximum atomic E-state index is 12.3. The number of esters is 1. The summed E-state index contributed by atoms with van der Waals surface area (Å²) in [5.74, 6) is -0.446. The van der Waals surface area contributed by atoms with Crippen LogP contribution >= 0.6 is 11.8 Å². The van der Waals surface area contributed by atoms with Crippen LogP contribution in [0.25, 0.3) is 0 Å². The van der Waals surface area contributed by atoms with E-state index in [4.69, 9.17) is 4.74 Å². The summed E-state index contributed by atoms with van der Waals surface area (Å²) in [4.78, 5) is 39.9. The van der Waals surface area contributed by atoms with E-state index in [2.05, 4.69) is 20.4 Å². The van der Waals surface area contributed by atoms with E-state index < -0.39 is 23.7 Å². The predicted octanol–water partition coefficient (Wildman–Crippen LogP) is 1.68. The number of alkyl carbamates (subject to hydrolysis) is 1. The fraction of sp³-hybridized carbons (Fsp3) is 0.474. The molecule has 0 aromatic heterocycles. The molecule has 10 heteroatoms. The third-order valence-corrected chi connectivity index (χ3v) is 4.78. The van der Waals surface area contributed by atoms with Crippen molar-refractivity contribution >= 4 is 34.8 Å². The van der Waals surface area contributed by atoms with E-state index in [0.29, 0.717) is 16.4 Å². The normalized spacial score (nSPS) is 16.0. The van der Waals surface area contributed by atoms with Crippen LogP contribution in [-0.4, -0.2) is 65.7 Å². The molecule has 3 N–H and O–H groups in total. The quantitative estimate of drug-likeness (QED) is 0.469. The van der Waals surface area contributed by atoms with Gasteiger partial charge in [0.05, 0.1) is 12.7 Å². The van der Waals surface area contributed by atoms with Crippen molar-refractivity contribution in [3.63, 3.8) is 0 Å². The molecular weight excluding hydrogens is 398 g/mol. The van der Waals surface area contributed by atoms with Crippen LogP contribution in [-0.2, 0) is 14.3 Å². The average Bonchev–Trinajstić information content (AvgIpc) is 3.13. The molecule has 0 fully saturated rings. The van der Waals surface area contributed by atoms with Gasteiger partial charge in [0.15, 0.2) is 0 Å². The lowest BCUT2D eigenvalue weighted by atomic mass is 10.1. The van der Waals surface area contributed by atoms with Crippen molar-refractivity contribution in [2.45, 2.75) is 32.4 Å². The number of phenolic OH excluding ortho intramolecular Hbond substituents is 1. The SMILES string of the molecule is COC(=O)c1ccc(O)c(C2=NC(C(=O)NCCNC(=O)OC(C)(C)C)CS2)c1. The highest BCUT2D eigenvalue weighted by molar-refractivity contribution is 8.14. The number of rotatable bonds is 6. The van der Waals surface area contributed by atoms with Crippen molar-refractivity contribution in [1.82, 2.24) is 10.6 Å². The molecule has 0 saturated carbocycles. The van der Waals surface area contributed by atoms with E-state index >= 15 is 0 Å². The Morgan fingerprint density at radius 3 is 2.59 bits per heavy atom. The van der Waals surface area contributed by atoms with Crippen LogP contribution in [0.15, 0.2) is 23.2 Å². The number of ether oxygens (including phenoxy) is 2. The first kappa shape index (κ1) is 22.5. The maximum absolute atomic E-state index is 12.3. The van der Waals surface area contributed by atoms with Gasteiger partial charge in [0.25, 0.3) is 0 Å². The van der Waals surface area contributed by atoms with Gasteiger partial charge in [-0.25, -0.2) is 9.59 Å². The second kappa shape index (κ2) is 9.64. The molecule has 1 atom stereocenters. The third-order valence-electron chi connectivity index (χ3n) is 3.69. The summed E-state index contributed by atoms with van der Waals surface area (Å²) in [7, 11) is 1.27. The molecule has 1 aromatic rings. The van der Waals surface area contributed by atoms with Crippen molar-refractivity contribution in [2.75, 3.05) is 26.0 Å². The van der Waals surface area contributed by atoms with Gasteiger partial charge >= 0.3 is 12.1 Å². The Morgan fingerprint density at radius 1 is 1.24 bits per heavy atom. The van der Waals surface area contributed by atoms with E-state index in [1.165, 1.54) is 37.1 Å². The Labute approximate surface area is 173 Å². The Morgan fingerprint density at radius 2 is 1.93 bits per heavy atom. The fourth-order valence-electron chi connectivity index (χ4n) is 2.39. The number of carbonyl (C=O) groups is 3. The topological polar surface area (TPSA) is 126 Å². The minimum atomic E-state index is -0.627. The number of aliphatic imine (C=N–C) groups is 1. The lowest BCUT2D eigenvalue weighted by Crippen LogP contribution is -2.40. The van der Waals surface area contributed by atoms with Crippen LogP contribution in [0.5, 0.6) is 5.75 Å². The molecule has 1 aliphatic heterocycles. The number of aromatic hydroxyl groups is 1. The standard InChI is InChI=1S/C19H25N3O6S/c1-19(2,3)28-18(26)21-8-7-20-15(24)13-10-29-16(22-13)12-9-11(17(25)27-4)5-6-14(12)23/h5-6,9,13,23H,7-8,10H2,1-4H3,(H,20,24)(H,21,26). The number of nitrogens with one attached hydrogen (secondary N) is 2. The van der Waals surface area contributed by atoms with Gasteiger partial charge in [0.1, 0.15) is 22.4 Å². The molecule has 0 spiro atoms. The van der Waals surface area contributed by atoms with Gasteiger partial charge in [-0.05, 0) is 39.0 Å². The highest BCUT2D eigenvalue weighted by Crippen LogP contribution is 2.29. The number of carbonyl (C=O) groups excluding carboxylic acids is 3. The Hall–Kier alpha value is -2.75. The number of benzene rings is 1. The van der Waals surface area contributed by atoms with Gasteiger partial charge < -0.3 is 25.2 Å². The van der Waals surface area contributed by atoms with Crippen LogP contribution in [0.3, 0.4) is 0 Å². The largest absolute Gasteiger partial charge is 0.507 e. The van der Waals surface area contributed by atoms with E-state index in [0.717, 1.165) is 0 Å². The Kier molecular flexibility index (Phi) is 7.49. The van der Waals surface area contributed by atoms with Gasteiger partial charge in [-0.2, -0.15) is 0 Å². The predicted molar refractivity (Wildman–Crippen MR) is 109 cm³/mol. The van der Waals surface area contributed by atoms with E-state index in [9.17, 15) is 19.5 Å². The lowest BCUT2D eigenvalue weighted by Gasteiger charge is -2.19. The number of hydrogen-bond acceptors (Lipinski definition) is 8. The summed E-state index contributed by atoms with van der Waals surface area (Å²) >= 11 is 1.31. The fourth-order valence-corrected chi connectivity index (χ4v) is 3.45. The van der Waals surface area contributed by atoms with Crippen LogP contribution in [0.2, 0.25) is 0 Å². The maximum Gasteiger partial charge on any atom is 0.407 e. The number of phenols is 1. The minimum absolute atomic E-state index is 0.0356. The molecule has 1 aliphatic rings. The number of thioether (sulfide) groups is 1. The molecule has 1 aromatic carbocycles. The van der Waals surface area contributed by atoms with Crippen LogP contribution < -0.4 is 10.6 Å². The van der Waals surface area contributed by atoms with Crippen molar-refractivity contribution in [2.24, 2.45) is 4.99 Å². The molecule has 158 valence electrons. The minimum Gasteiger partial charge on any atom is -0.507 e. The van der Waals surface area contributed by atoms with Gasteiger partial charge in [0, 0.05) is 24.4 Å². The zero-order chi connectivity index (χ0) is 21.6. The molecule has 0 saturated heterocycles. The first-order valence-electron chi connectivity index (χ1n) is 8.97. The number of amides is 2. The summed E-state index contributed by atoms with van der Waals surface area (Å²) in [5, 5.41) is 15.8.